The number of carbonyl (C=O) groups excluding carboxylic acids is 3. The lowest BCUT2D eigenvalue weighted by Gasteiger charge is -2.55. The van der Waals surface area contributed by atoms with E-state index in [1.165, 1.54) is 0 Å². The van der Waals surface area contributed by atoms with Gasteiger partial charge in [-0.05, 0) is 40.3 Å². The molecule has 3 aromatic carbocycles. The number of amides is 4. The van der Waals surface area contributed by atoms with E-state index >= 15 is 0 Å². The van der Waals surface area contributed by atoms with Crippen LogP contribution in [0.1, 0.15) is 24.5 Å². The Labute approximate surface area is 233 Å². The van der Waals surface area contributed by atoms with Crippen LogP contribution in [0.15, 0.2) is 72.8 Å². The molecule has 39 heavy (non-hydrogen) atoms. The van der Waals surface area contributed by atoms with Gasteiger partial charge in [-0.15, -0.1) is 0 Å². The number of fused-ring (bicyclic) bond motifs is 2. The van der Waals surface area contributed by atoms with Crippen LogP contribution in [-0.4, -0.2) is 81.5 Å². The van der Waals surface area contributed by atoms with Gasteiger partial charge >= 0.3 is 6.03 Å². The SMILES string of the molecule is CCN1CC(=O)N2[C@@H](CCSC)C(=O)N(Cc3cccc4ccccc34)C[C@@H]2N1C(=O)NCc1ccccc1. The van der Waals surface area contributed by atoms with E-state index in [2.05, 4.69) is 23.5 Å². The van der Waals surface area contributed by atoms with Crippen LogP contribution < -0.4 is 5.32 Å². The van der Waals surface area contributed by atoms with Crippen LogP contribution in [0, 0.1) is 0 Å². The van der Waals surface area contributed by atoms with Crippen LogP contribution in [-0.2, 0) is 22.7 Å². The van der Waals surface area contributed by atoms with Crippen molar-refractivity contribution in [2.75, 3.05) is 31.6 Å². The molecule has 9 heteroatoms. The Morgan fingerprint density at radius 3 is 2.51 bits per heavy atom. The summed E-state index contributed by atoms with van der Waals surface area (Å²) in [6, 6.07) is 23.1. The minimum absolute atomic E-state index is 0.0591. The first-order valence-electron chi connectivity index (χ1n) is 13.4. The molecular formula is C30H35N5O3S. The van der Waals surface area contributed by atoms with Crippen molar-refractivity contribution >= 4 is 40.4 Å². The molecule has 0 spiro atoms. The molecule has 2 atom stereocenters. The summed E-state index contributed by atoms with van der Waals surface area (Å²) in [4.78, 5) is 44.5. The van der Waals surface area contributed by atoms with Crippen molar-refractivity contribution in [1.29, 1.82) is 0 Å². The maximum Gasteiger partial charge on any atom is 0.334 e. The Hall–Kier alpha value is -3.56. The van der Waals surface area contributed by atoms with Gasteiger partial charge in [0.05, 0.1) is 13.1 Å². The topological polar surface area (TPSA) is 76.2 Å². The minimum Gasteiger partial charge on any atom is -0.333 e. The second kappa shape index (κ2) is 12.1. The third-order valence-corrected chi connectivity index (χ3v) is 8.17. The number of hydrazine groups is 1. The molecule has 1 N–H and O–H groups in total. The van der Waals surface area contributed by atoms with Gasteiger partial charge in [0.25, 0.3) is 0 Å². The summed E-state index contributed by atoms with van der Waals surface area (Å²) >= 11 is 1.65. The number of rotatable bonds is 8. The van der Waals surface area contributed by atoms with Crippen LogP contribution >= 0.6 is 11.8 Å². The van der Waals surface area contributed by atoms with Gasteiger partial charge in [-0.3, -0.25) is 9.59 Å². The Balaban J connectivity index is 1.46. The van der Waals surface area contributed by atoms with Crippen molar-refractivity contribution in [1.82, 2.24) is 25.1 Å². The van der Waals surface area contributed by atoms with Gasteiger partial charge in [0.1, 0.15) is 12.2 Å². The number of thioether (sulfide) groups is 1. The van der Waals surface area contributed by atoms with Crippen LogP contribution in [0.3, 0.4) is 0 Å². The van der Waals surface area contributed by atoms with Crippen molar-refractivity contribution in [3.05, 3.63) is 83.9 Å². The first kappa shape index (κ1) is 27.0. The molecule has 0 bridgehead atoms. The molecule has 0 aromatic heterocycles. The molecular weight excluding hydrogens is 510 g/mol. The molecule has 2 aliphatic heterocycles. The fourth-order valence-corrected chi connectivity index (χ4v) is 6.06. The van der Waals surface area contributed by atoms with Gasteiger partial charge < -0.3 is 15.1 Å². The Morgan fingerprint density at radius 1 is 1.00 bits per heavy atom. The zero-order chi connectivity index (χ0) is 27.4. The molecule has 0 saturated carbocycles. The summed E-state index contributed by atoms with van der Waals surface area (Å²) in [7, 11) is 0. The molecule has 2 saturated heterocycles. The monoisotopic (exact) mass is 545 g/mol. The molecule has 204 valence electrons. The van der Waals surface area contributed by atoms with E-state index in [0.717, 1.165) is 27.7 Å². The number of carbonyl (C=O) groups is 3. The highest BCUT2D eigenvalue weighted by Crippen LogP contribution is 2.30. The van der Waals surface area contributed by atoms with E-state index in [4.69, 9.17) is 0 Å². The van der Waals surface area contributed by atoms with Crippen LogP contribution in [0.25, 0.3) is 10.8 Å². The van der Waals surface area contributed by atoms with Crippen molar-refractivity contribution in [3.8, 4) is 0 Å². The predicted molar refractivity (Wildman–Crippen MR) is 155 cm³/mol. The second-order valence-electron chi connectivity index (χ2n) is 9.91. The molecule has 2 aliphatic rings. The highest BCUT2D eigenvalue weighted by atomic mass is 32.2. The van der Waals surface area contributed by atoms with Crippen LogP contribution in [0.5, 0.6) is 0 Å². The largest absolute Gasteiger partial charge is 0.334 e. The molecule has 3 aromatic rings. The molecule has 8 nitrogen and oxygen atoms in total. The quantitative estimate of drug-likeness (QED) is 0.465. The van der Waals surface area contributed by atoms with Crippen molar-refractivity contribution in [2.45, 2.75) is 38.6 Å². The van der Waals surface area contributed by atoms with E-state index in [0.29, 0.717) is 26.1 Å². The highest BCUT2D eigenvalue weighted by molar-refractivity contribution is 7.98. The van der Waals surface area contributed by atoms with Crippen LogP contribution in [0.2, 0.25) is 0 Å². The fourth-order valence-electron chi connectivity index (χ4n) is 5.60. The lowest BCUT2D eigenvalue weighted by Crippen LogP contribution is -2.76. The summed E-state index contributed by atoms with van der Waals surface area (Å²) in [5, 5.41) is 8.72. The Kier molecular flexibility index (Phi) is 8.38. The number of hydrogen-bond acceptors (Lipinski definition) is 5. The van der Waals surface area contributed by atoms with Crippen LogP contribution in [0.4, 0.5) is 4.79 Å². The summed E-state index contributed by atoms with van der Waals surface area (Å²) in [5.41, 5.74) is 2.04. The zero-order valence-corrected chi connectivity index (χ0v) is 23.3. The average molecular weight is 546 g/mol. The molecule has 0 radical (unpaired) electrons. The Morgan fingerprint density at radius 2 is 1.74 bits per heavy atom. The Bertz CT molecular complexity index is 1330. The predicted octanol–water partition coefficient (Wildman–Crippen LogP) is 3.92. The summed E-state index contributed by atoms with van der Waals surface area (Å²) in [6.07, 6.45) is 1.96. The van der Waals surface area contributed by atoms with E-state index < -0.39 is 12.2 Å². The van der Waals surface area contributed by atoms with Gasteiger partial charge in [0, 0.05) is 19.6 Å². The third-order valence-electron chi connectivity index (χ3n) is 7.53. The number of likely N-dealkylation sites (N-methyl/N-ethyl adjacent to an activating group) is 1. The van der Waals surface area contributed by atoms with Gasteiger partial charge in [-0.2, -0.15) is 11.8 Å². The third kappa shape index (κ3) is 5.60. The van der Waals surface area contributed by atoms with E-state index in [-0.39, 0.29) is 30.9 Å². The van der Waals surface area contributed by atoms with E-state index in [1.54, 1.807) is 26.7 Å². The molecule has 0 unspecified atom stereocenters. The maximum atomic E-state index is 13.9. The number of benzene rings is 3. The number of nitrogens with one attached hydrogen (secondary N) is 1. The molecule has 2 heterocycles. The van der Waals surface area contributed by atoms with Gasteiger partial charge in [-0.25, -0.2) is 14.8 Å². The standard InChI is InChI=1S/C30H35N5O3S/c1-3-33-21-28(36)34-26(16-17-39-2)29(37)32(19-24-14-9-13-23-12-7-8-15-25(23)24)20-27(34)35(33)30(38)31-18-22-10-5-4-6-11-22/h4-15,26-27H,3,16-21H2,1-2H3,(H,31,38)/t26-,27-/m0/s1. The average Bonchev–Trinajstić information content (AvgIpc) is 2.96. The van der Waals surface area contributed by atoms with Gasteiger partial charge in [0.15, 0.2) is 0 Å². The zero-order valence-electron chi connectivity index (χ0n) is 22.5. The molecule has 2 fully saturated rings. The smallest absolute Gasteiger partial charge is 0.333 e. The fraction of sp³-hybridized carbons (Fsp3) is 0.367. The van der Waals surface area contributed by atoms with Gasteiger partial charge in [-0.1, -0.05) is 79.7 Å². The first-order chi connectivity index (χ1) is 19.0. The first-order valence-corrected chi connectivity index (χ1v) is 14.8. The molecule has 4 amide bonds. The van der Waals surface area contributed by atoms with Crippen molar-refractivity contribution in [2.24, 2.45) is 0 Å². The summed E-state index contributed by atoms with van der Waals surface area (Å²) < 4.78 is 0. The summed E-state index contributed by atoms with van der Waals surface area (Å²) in [6.45, 7) is 3.55. The lowest BCUT2D eigenvalue weighted by molar-refractivity contribution is -0.190. The summed E-state index contributed by atoms with van der Waals surface area (Å²) in [5.74, 6) is 0.571. The van der Waals surface area contributed by atoms with E-state index in [9.17, 15) is 14.4 Å². The minimum atomic E-state index is -0.609. The molecule has 5 rings (SSSR count). The lowest BCUT2D eigenvalue weighted by atomic mass is 10.0. The van der Waals surface area contributed by atoms with E-state index in [1.807, 2.05) is 72.7 Å². The second-order valence-corrected chi connectivity index (χ2v) is 10.9. The maximum absolute atomic E-state index is 13.9. The number of urea groups is 1. The van der Waals surface area contributed by atoms with Crippen molar-refractivity contribution in [3.63, 3.8) is 0 Å². The molecule has 0 aliphatic carbocycles. The number of piperazine rings is 1. The van der Waals surface area contributed by atoms with Gasteiger partial charge in [0.2, 0.25) is 11.8 Å². The highest BCUT2D eigenvalue weighted by Gasteiger charge is 2.50. The number of nitrogens with zero attached hydrogens (tertiary/aromatic N) is 4. The normalized spacial score (nSPS) is 19.9. The number of hydrogen-bond donors (Lipinski definition) is 1. The van der Waals surface area contributed by atoms with Crippen molar-refractivity contribution < 1.29 is 14.4 Å².